The maximum atomic E-state index is 13.2. The minimum Gasteiger partial charge on any atom is -0.392 e. The Morgan fingerprint density at radius 1 is 1.24 bits per heavy atom. The van der Waals surface area contributed by atoms with Crippen molar-refractivity contribution in [3.63, 3.8) is 0 Å². The number of β-amino-alcohol motifs (C(OH)–C–C–N with tert-alkyl or cyclic N) is 1. The van der Waals surface area contributed by atoms with Gasteiger partial charge in [-0.05, 0) is 5.56 Å². The van der Waals surface area contributed by atoms with E-state index in [9.17, 15) is 9.50 Å². The zero-order valence-corrected chi connectivity index (χ0v) is 10.6. The first-order valence-corrected chi connectivity index (χ1v) is 6.32. The van der Waals surface area contributed by atoms with Gasteiger partial charge in [-0.3, -0.25) is 4.90 Å². The summed E-state index contributed by atoms with van der Waals surface area (Å²) in [5, 5.41) is 9.45. The van der Waals surface area contributed by atoms with Crippen molar-refractivity contribution < 1.29 is 9.50 Å². The van der Waals surface area contributed by atoms with Crippen LogP contribution in [0.3, 0.4) is 0 Å². The zero-order valence-electron chi connectivity index (χ0n) is 10.6. The van der Waals surface area contributed by atoms with Gasteiger partial charge in [0.1, 0.15) is 6.17 Å². The molecule has 2 unspecified atom stereocenters. The quantitative estimate of drug-likeness (QED) is 0.857. The van der Waals surface area contributed by atoms with Gasteiger partial charge in [0.2, 0.25) is 0 Å². The summed E-state index contributed by atoms with van der Waals surface area (Å²) in [6, 6.07) is 9.96. The molecular formula is C14H22FNO. The molecule has 17 heavy (non-hydrogen) atoms. The molecule has 0 bridgehead atoms. The molecule has 0 saturated carbocycles. The van der Waals surface area contributed by atoms with Gasteiger partial charge in [0.05, 0.1) is 6.10 Å². The lowest BCUT2D eigenvalue weighted by Gasteiger charge is -2.32. The van der Waals surface area contributed by atoms with E-state index in [2.05, 4.69) is 0 Å². The molecule has 0 radical (unpaired) electrons. The monoisotopic (exact) mass is 239 g/mol. The highest BCUT2D eigenvalue weighted by Crippen LogP contribution is 2.16. The SMILES string of the molecule is CC.OC1CC(F)CN(Cc2ccccc2)C1. The van der Waals surface area contributed by atoms with E-state index in [1.54, 1.807) is 0 Å². The lowest BCUT2D eigenvalue weighted by Crippen LogP contribution is -2.43. The van der Waals surface area contributed by atoms with Crippen molar-refractivity contribution in [1.82, 2.24) is 4.90 Å². The number of rotatable bonds is 2. The summed E-state index contributed by atoms with van der Waals surface area (Å²) >= 11 is 0. The Labute approximate surface area is 103 Å². The van der Waals surface area contributed by atoms with Gasteiger partial charge in [-0.1, -0.05) is 44.2 Å². The average molecular weight is 239 g/mol. The molecule has 0 spiro atoms. The van der Waals surface area contributed by atoms with Gasteiger partial charge in [-0.25, -0.2) is 4.39 Å². The number of aliphatic hydroxyl groups is 1. The van der Waals surface area contributed by atoms with Gasteiger partial charge in [0, 0.05) is 26.1 Å². The summed E-state index contributed by atoms with van der Waals surface area (Å²) in [6.45, 7) is 5.74. The third-order valence-electron chi connectivity index (χ3n) is 2.70. The first kappa shape index (κ1) is 14.1. The topological polar surface area (TPSA) is 23.5 Å². The highest BCUT2D eigenvalue weighted by atomic mass is 19.1. The van der Waals surface area contributed by atoms with Crippen molar-refractivity contribution in [1.29, 1.82) is 0 Å². The van der Waals surface area contributed by atoms with E-state index in [4.69, 9.17) is 0 Å². The second kappa shape index (κ2) is 7.41. The molecular weight excluding hydrogens is 217 g/mol. The van der Waals surface area contributed by atoms with Crippen LogP contribution >= 0.6 is 0 Å². The molecule has 0 aliphatic carbocycles. The third kappa shape index (κ3) is 4.84. The molecule has 1 aromatic rings. The number of hydrogen-bond acceptors (Lipinski definition) is 2. The summed E-state index contributed by atoms with van der Waals surface area (Å²) in [5.74, 6) is 0. The van der Waals surface area contributed by atoms with E-state index in [1.807, 2.05) is 49.1 Å². The summed E-state index contributed by atoms with van der Waals surface area (Å²) in [7, 11) is 0. The van der Waals surface area contributed by atoms with Gasteiger partial charge >= 0.3 is 0 Å². The number of benzene rings is 1. The van der Waals surface area contributed by atoms with Crippen molar-refractivity contribution >= 4 is 0 Å². The van der Waals surface area contributed by atoms with Crippen LogP contribution in [0.5, 0.6) is 0 Å². The number of halogens is 1. The van der Waals surface area contributed by atoms with Gasteiger partial charge in [0.15, 0.2) is 0 Å². The molecule has 1 aliphatic rings. The molecule has 3 heteroatoms. The summed E-state index contributed by atoms with van der Waals surface area (Å²) in [4.78, 5) is 1.97. The highest BCUT2D eigenvalue weighted by Gasteiger charge is 2.25. The van der Waals surface area contributed by atoms with Crippen LogP contribution in [0.4, 0.5) is 4.39 Å². The Balaban J connectivity index is 0.000000686. The number of likely N-dealkylation sites (tertiary alicyclic amines) is 1. The van der Waals surface area contributed by atoms with Crippen molar-refractivity contribution in [2.45, 2.75) is 39.1 Å². The number of nitrogens with zero attached hydrogens (tertiary/aromatic N) is 1. The van der Waals surface area contributed by atoms with Crippen LogP contribution in [0.2, 0.25) is 0 Å². The van der Waals surface area contributed by atoms with Crippen molar-refractivity contribution in [2.75, 3.05) is 13.1 Å². The van der Waals surface area contributed by atoms with Crippen LogP contribution in [0, 0.1) is 0 Å². The normalized spacial score (nSPS) is 24.9. The fourth-order valence-electron chi connectivity index (χ4n) is 2.07. The van der Waals surface area contributed by atoms with Crippen LogP contribution in [0.1, 0.15) is 25.8 Å². The number of piperidine rings is 1. The van der Waals surface area contributed by atoms with Gasteiger partial charge < -0.3 is 5.11 Å². The van der Waals surface area contributed by atoms with E-state index in [0.717, 1.165) is 6.54 Å². The van der Waals surface area contributed by atoms with E-state index in [0.29, 0.717) is 13.1 Å². The Morgan fingerprint density at radius 3 is 2.47 bits per heavy atom. The Kier molecular flexibility index (Phi) is 6.16. The molecule has 1 saturated heterocycles. The van der Waals surface area contributed by atoms with Crippen molar-refractivity contribution in [2.24, 2.45) is 0 Å². The second-order valence-electron chi connectivity index (χ2n) is 4.17. The smallest absolute Gasteiger partial charge is 0.115 e. The molecule has 1 N–H and O–H groups in total. The Hall–Kier alpha value is -0.930. The average Bonchev–Trinajstić information content (AvgIpc) is 2.31. The summed E-state index contributed by atoms with van der Waals surface area (Å²) in [5.41, 5.74) is 1.17. The number of aliphatic hydroxyl groups excluding tert-OH is 1. The van der Waals surface area contributed by atoms with E-state index in [-0.39, 0.29) is 6.42 Å². The number of alkyl halides is 1. The minimum atomic E-state index is -0.891. The summed E-state index contributed by atoms with van der Waals surface area (Å²) in [6.07, 6.45) is -1.12. The molecule has 0 aromatic heterocycles. The second-order valence-corrected chi connectivity index (χ2v) is 4.17. The molecule has 96 valence electrons. The van der Waals surface area contributed by atoms with Crippen LogP contribution in [-0.2, 0) is 6.54 Å². The van der Waals surface area contributed by atoms with Crippen molar-refractivity contribution in [3.05, 3.63) is 35.9 Å². The standard InChI is InChI=1S/C12H16FNO.C2H6/c13-11-6-12(15)9-14(8-11)7-10-4-2-1-3-5-10;1-2/h1-5,11-12,15H,6-9H2;1-2H3. The Bertz CT molecular complexity index is 294. The fourth-order valence-corrected chi connectivity index (χ4v) is 2.07. The molecule has 1 heterocycles. The largest absolute Gasteiger partial charge is 0.392 e. The minimum absolute atomic E-state index is 0.283. The van der Waals surface area contributed by atoms with Crippen LogP contribution in [-0.4, -0.2) is 35.4 Å². The van der Waals surface area contributed by atoms with Gasteiger partial charge in [-0.2, -0.15) is 0 Å². The van der Waals surface area contributed by atoms with Crippen LogP contribution in [0.15, 0.2) is 30.3 Å². The molecule has 1 aromatic carbocycles. The lowest BCUT2D eigenvalue weighted by atomic mass is 10.1. The summed E-state index contributed by atoms with van der Waals surface area (Å²) < 4.78 is 13.2. The van der Waals surface area contributed by atoms with E-state index >= 15 is 0 Å². The maximum Gasteiger partial charge on any atom is 0.115 e. The molecule has 0 amide bonds. The molecule has 1 fully saturated rings. The number of hydrogen-bond donors (Lipinski definition) is 1. The van der Waals surface area contributed by atoms with E-state index in [1.165, 1.54) is 5.56 Å². The first-order valence-electron chi connectivity index (χ1n) is 6.32. The fraction of sp³-hybridized carbons (Fsp3) is 0.571. The predicted octanol–water partition coefficient (Wildman–Crippen LogP) is 2.62. The van der Waals surface area contributed by atoms with Crippen molar-refractivity contribution in [3.8, 4) is 0 Å². The highest BCUT2D eigenvalue weighted by molar-refractivity contribution is 5.14. The van der Waals surface area contributed by atoms with Crippen LogP contribution < -0.4 is 0 Å². The molecule has 1 aliphatic heterocycles. The first-order chi connectivity index (χ1) is 8.24. The maximum absolute atomic E-state index is 13.2. The van der Waals surface area contributed by atoms with Gasteiger partial charge in [-0.15, -0.1) is 0 Å². The Morgan fingerprint density at radius 2 is 1.88 bits per heavy atom. The lowest BCUT2D eigenvalue weighted by molar-refractivity contribution is 0.0227. The zero-order chi connectivity index (χ0) is 12.7. The van der Waals surface area contributed by atoms with Crippen LogP contribution in [0.25, 0.3) is 0 Å². The molecule has 2 rings (SSSR count). The third-order valence-corrected chi connectivity index (χ3v) is 2.70. The van der Waals surface area contributed by atoms with E-state index < -0.39 is 12.3 Å². The van der Waals surface area contributed by atoms with Gasteiger partial charge in [0.25, 0.3) is 0 Å². The molecule has 2 nitrogen and oxygen atoms in total. The predicted molar refractivity (Wildman–Crippen MR) is 68.6 cm³/mol. The molecule has 2 atom stereocenters.